The Kier molecular flexibility index (Phi) is 5.47. The van der Waals surface area contributed by atoms with E-state index in [0.29, 0.717) is 6.54 Å². The first-order valence-corrected chi connectivity index (χ1v) is 6.38. The summed E-state index contributed by atoms with van der Waals surface area (Å²) >= 11 is 3.30. The second-order valence-electron chi connectivity index (χ2n) is 3.91. The Bertz CT molecular complexity index is 321. The van der Waals surface area contributed by atoms with Crippen molar-refractivity contribution in [1.82, 2.24) is 15.1 Å². The highest BCUT2D eigenvalue weighted by Gasteiger charge is 2.20. The summed E-state index contributed by atoms with van der Waals surface area (Å²) in [5.41, 5.74) is 0. The van der Waals surface area contributed by atoms with Gasteiger partial charge in [0, 0.05) is 51.2 Å². The molecule has 0 saturated carbocycles. The molecule has 1 heterocycles. The molecule has 0 radical (unpaired) electrons. The molecule has 0 aromatic carbocycles. The molecule has 1 saturated heterocycles. The number of hydrogen-bond acceptors (Lipinski definition) is 2. The molecule has 1 amide bonds. The van der Waals surface area contributed by atoms with Gasteiger partial charge in [0.1, 0.15) is 0 Å². The molecule has 0 unspecified atom stereocenters. The van der Waals surface area contributed by atoms with Crippen LogP contribution in [0.3, 0.4) is 0 Å². The molecule has 5 nitrogen and oxygen atoms in total. The van der Waals surface area contributed by atoms with E-state index >= 15 is 0 Å². The minimum Gasteiger partial charge on any atom is -0.352 e. The molecule has 1 N–H and O–H groups in total. The number of nitrogens with one attached hydrogen (secondary N) is 1. The summed E-state index contributed by atoms with van der Waals surface area (Å²) in [6, 6.07) is 0. The van der Waals surface area contributed by atoms with E-state index in [0.717, 1.165) is 36.6 Å². The SMILES string of the molecule is C=C(Br)CNC(=NC)N1CCN(C(C)=O)CC1. The number of rotatable bonds is 2. The number of amides is 1. The van der Waals surface area contributed by atoms with Crippen LogP contribution in [0.5, 0.6) is 0 Å². The van der Waals surface area contributed by atoms with E-state index in [9.17, 15) is 4.79 Å². The van der Waals surface area contributed by atoms with Crippen molar-refractivity contribution in [1.29, 1.82) is 0 Å². The van der Waals surface area contributed by atoms with Crippen LogP contribution in [0, 0.1) is 0 Å². The fourth-order valence-corrected chi connectivity index (χ4v) is 1.88. The van der Waals surface area contributed by atoms with Gasteiger partial charge in [0.05, 0.1) is 0 Å². The Morgan fingerprint density at radius 1 is 1.35 bits per heavy atom. The van der Waals surface area contributed by atoms with Gasteiger partial charge in [-0.05, 0) is 0 Å². The van der Waals surface area contributed by atoms with Crippen molar-refractivity contribution >= 4 is 27.8 Å². The first-order valence-electron chi connectivity index (χ1n) is 5.59. The van der Waals surface area contributed by atoms with Gasteiger partial charge in [-0.1, -0.05) is 22.5 Å². The van der Waals surface area contributed by atoms with Gasteiger partial charge in [0.2, 0.25) is 5.91 Å². The number of halogens is 1. The molecule has 1 fully saturated rings. The molecule has 17 heavy (non-hydrogen) atoms. The lowest BCUT2D eigenvalue weighted by atomic mass is 10.3. The van der Waals surface area contributed by atoms with Crippen LogP contribution in [0.2, 0.25) is 0 Å². The summed E-state index contributed by atoms with van der Waals surface area (Å²) in [5, 5.41) is 3.21. The Labute approximate surface area is 111 Å². The summed E-state index contributed by atoms with van der Waals surface area (Å²) in [6.07, 6.45) is 0. The third-order valence-corrected chi connectivity index (χ3v) is 2.96. The fraction of sp³-hybridized carbons (Fsp3) is 0.636. The third kappa shape index (κ3) is 4.38. The van der Waals surface area contributed by atoms with Crippen LogP contribution in [0.25, 0.3) is 0 Å². The maximum absolute atomic E-state index is 11.2. The molecule has 1 rings (SSSR count). The zero-order chi connectivity index (χ0) is 12.8. The maximum Gasteiger partial charge on any atom is 0.219 e. The van der Waals surface area contributed by atoms with Crippen molar-refractivity contribution in [3.8, 4) is 0 Å². The average molecular weight is 303 g/mol. The topological polar surface area (TPSA) is 47.9 Å². The van der Waals surface area contributed by atoms with E-state index in [1.807, 2.05) is 4.90 Å². The molecule has 6 heteroatoms. The van der Waals surface area contributed by atoms with Gasteiger partial charge >= 0.3 is 0 Å². The Morgan fingerprint density at radius 2 is 1.88 bits per heavy atom. The highest BCUT2D eigenvalue weighted by Crippen LogP contribution is 2.03. The van der Waals surface area contributed by atoms with Gasteiger partial charge in [0.25, 0.3) is 0 Å². The van der Waals surface area contributed by atoms with Gasteiger partial charge in [-0.15, -0.1) is 0 Å². The first-order chi connectivity index (χ1) is 8.04. The predicted octanol–water partition coefficient (Wildman–Crippen LogP) is 0.635. The Morgan fingerprint density at radius 3 is 2.29 bits per heavy atom. The summed E-state index contributed by atoms with van der Waals surface area (Å²) < 4.78 is 0.890. The lowest BCUT2D eigenvalue weighted by Gasteiger charge is -2.36. The number of carbonyl (C=O) groups is 1. The van der Waals surface area contributed by atoms with E-state index in [4.69, 9.17) is 0 Å². The van der Waals surface area contributed by atoms with E-state index in [1.165, 1.54) is 0 Å². The number of nitrogens with zero attached hydrogens (tertiary/aromatic N) is 3. The Balaban J connectivity index is 2.45. The monoisotopic (exact) mass is 302 g/mol. The van der Waals surface area contributed by atoms with Crippen LogP contribution in [0.4, 0.5) is 0 Å². The molecule has 0 aliphatic carbocycles. The van der Waals surface area contributed by atoms with Crippen molar-refractivity contribution in [2.75, 3.05) is 39.8 Å². The van der Waals surface area contributed by atoms with Crippen LogP contribution in [-0.2, 0) is 4.79 Å². The van der Waals surface area contributed by atoms with Crippen LogP contribution in [0.1, 0.15) is 6.92 Å². The van der Waals surface area contributed by atoms with Crippen molar-refractivity contribution in [2.24, 2.45) is 4.99 Å². The van der Waals surface area contributed by atoms with E-state index in [2.05, 4.69) is 37.7 Å². The highest BCUT2D eigenvalue weighted by atomic mass is 79.9. The second kappa shape index (κ2) is 6.64. The summed E-state index contributed by atoms with van der Waals surface area (Å²) in [7, 11) is 1.76. The minimum atomic E-state index is 0.140. The smallest absolute Gasteiger partial charge is 0.219 e. The van der Waals surface area contributed by atoms with Crippen LogP contribution in [0.15, 0.2) is 16.1 Å². The van der Waals surface area contributed by atoms with E-state index in [1.54, 1.807) is 14.0 Å². The quantitative estimate of drug-likeness (QED) is 0.601. The molecule has 0 atom stereocenters. The number of guanidine groups is 1. The molecular weight excluding hydrogens is 284 g/mol. The molecule has 0 spiro atoms. The number of hydrogen-bond donors (Lipinski definition) is 1. The largest absolute Gasteiger partial charge is 0.352 e. The van der Waals surface area contributed by atoms with Gasteiger partial charge < -0.3 is 15.1 Å². The zero-order valence-corrected chi connectivity index (χ0v) is 12.0. The second-order valence-corrected chi connectivity index (χ2v) is 5.03. The molecule has 0 aromatic rings. The van der Waals surface area contributed by atoms with Crippen LogP contribution < -0.4 is 5.32 Å². The summed E-state index contributed by atoms with van der Waals surface area (Å²) in [4.78, 5) is 19.4. The van der Waals surface area contributed by atoms with Crippen molar-refractivity contribution in [3.05, 3.63) is 11.1 Å². The predicted molar refractivity (Wildman–Crippen MR) is 73.3 cm³/mol. The number of aliphatic imine (C=N–C) groups is 1. The van der Waals surface area contributed by atoms with Crippen molar-refractivity contribution < 1.29 is 4.79 Å². The lowest BCUT2D eigenvalue weighted by molar-refractivity contribution is -0.130. The Hall–Kier alpha value is -1.04. The maximum atomic E-state index is 11.2. The van der Waals surface area contributed by atoms with Gasteiger partial charge in [-0.2, -0.15) is 0 Å². The normalized spacial score (nSPS) is 17.0. The molecule has 1 aliphatic rings. The van der Waals surface area contributed by atoms with Gasteiger partial charge in [-0.25, -0.2) is 0 Å². The average Bonchev–Trinajstić information content (AvgIpc) is 2.30. The number of piperazine rings is 1. The van der Waals surface area contributed by atoms with E-state index in [-0.39, 0.29) is 5.91 Å². The first kappa shape index (κ1) is 14.0. The molecule has 0 aromatic heterocycles. The van der Waals surface area contributed by atoms with E-state index < -0.39 is 0 Å². The third-order valence-electron chi connectivity index (χ3n) is 2.67. The van der Waals surface area contributed by atoms with Crippen molar-refractivity contribution in [3.63, 3.8) is 0 Å². The summed E-state index contributed by atoms with van der Waals surface area (Å²) in [5.74, 6) is 0.996. The molecule has 96 valence electrons. The van der Waals surface area contributed by atoms with Crippen LogP contribution in [-0.4, -0.2) is 61.4 Å². The van der Waals surface area contributed by atoms with Crippen molar-refractivity contribution in [2.45, 2.75) is 6.92 Å². The fourth-order valence-electron chi connectivity index (χ4n) is 1.74. The number of carbonyl (C=O) groups excluding carboxylic acids is 1. The molecule has 1 aliphatic heterocycles. The highest BCUT2D eigenvalue weighted by molar-refractivity contribution is 9.11. The standard InChI is InChI=1S/C11H19BrN4O/c1-9(12)8-14-11(13-3)16-6-4-15(5-7-16)10(2)17/h1,4-8H2,2-3H3,(H,13,14). The van der Waals surface area contributed by atoms with Crippen LogP contribution >= 0.6 is 15.9 Å². The molecule has 0 bridgehead atoms. The zero-order valence-electron chi connectivity index (χ0n) is 10.4. The minimum absolute atomic E-state index is 0.140. The van der Waals surface area contributed by atoms with Gasteiger partial charge in [0.15, 0.2) is 5.96 Å². The van der Waals surface area contributed by atoms with Gasteiger partial charge in [-0.3, -0.25) is 9.79 Å². The summed E-state index contributed by atoms with van der Waals surface area (Å²) in [6.45, 7) is 9.17. The molecular formula is C11H19BrN4O. The lowest BCUT2D eigenvalue weighted by Crippen LogP contribution is -2.53.